The van der Waals surface area contributed by atoms with Crippen LogP contribution in [0.2, 0.25) is 23.1 Å². The molecule has 0 aliphatic rings. The molecule has 0 bridgehead atoms. The third-order valence-electron chi connectivity index (χ3n) is 1.43. The summed E-state index contributed by atoms with van der Waals surface area (Å²) in [5.74, 6) is 9.13. The van der Waals surface area contributed by atoms with Crippen LogP contribution in [-0.4, -0.2) is 33.6 Å². The Kier molecular flexibility index (Phi) is 5.33. The number of hydrogen-bond acceptors (Lipinski definition) is 1. The van der Waals surface area contributed by atoms with Crippen LogP contribution in [0.15, 0.2) is 0 Å². The van der Waals surface area contributed by atoms with Crippen molar-refractivity contribution < 1.29 is 3.79 Å². The molecule has 1 unspecified atom stereocenters. The highest BCUT2D eigenvalue weighted by Gasteiger charge is 2.16. The Labute approximate surface area is 67.5 Å². The Hall–Kier alpha value is 1.02. The fraction of sp³-hybridized carbons (Fsp3) is 1.00. The second-order valence-electron chi connectivity index (χ2n) is 3.13. The Balaban J connectivity index is 3.38. The summed E-state index contributed by atoms with van der Waals surface area (Å²) in [6.45, 7) is 2.21. The van der Waals surface area contributed by atoms with Gasteiger partial charge in [-0.05, 0) is 4.97 Å². The molecule has 0 aliphatic carbocycles. The molecule has 0 aromatic carbocycles. The van der Waals surface area contributed by atoms with Gasteiger partial charge in [0, 0.05) is 0 Å². The minimum absolute atomic E-state index is 0.508. The Morgan fingerprint density at radius 1 is 1.11 bits per heavy atom. The van der Waals surface area contributed by atoms with Crippen LogP contribution in [0.1, 0.15) is 6.92 Å². The van der Waals surface area contributed by atoms with E-state index < -0.39 is 28.6 Å². The fourth-order valence-electron chi connectivity index (χ4n) is 0.586. The summed E-state index contributed by atoms with van der Waals surface area (Å²) in [6, 6.07) is 0. The SMILES string of the molecule is C[CH]([O][Al]([CH3])[CH3])[Al]([CH3])[CH3]. The van der Waals surface area contributed by atoms with Gasteiger partial charge in [-0.3, -0.25) is 0 Å². The van der Waals surface area contributed by atoms with Gasteiger partial charge in [0.25, 0.3) is 14.1 Å². The predicted octanol–water partition coefficient (Wildman–Crippen LogP) is 1.94. The first-order valence-corrected chi connectivity index (χ1v) is 9.45. The van der Waals surface area contributed by atoms with Crippen LogP contribution in [0.3, 0.4) is 0 Å². The zero-order valence-corrected chi connectivity index (χ0v) is 9.45. The van der Waals surface area contributed by atoms with E-state index in [4.69, 9.17) is 3.79 Å². The summed E-state index contributed by atoms with van der Waals surface area (Å²) in [4.78, 5) is 0.594. The summed E-state index contributed by atoms with van der Waals surface area (Å²) in [5, 5.41) is 0. The van der Waals surface area contributed by atoms with Crippen molar-refractivity contribution in [3.8, 4) is 0 Å². The second-order valence-corrected chi connectivity index (χ2v) is 8.93. The zero-order chi connectivity index (χ0) is 7.44. The monoisotopic (exact) mass is 158 g/mol. The van der Waals surface area contributed by atoms with E-state index in [0.29, 0.717) is 4.97 Å². The molecule has 0 heterocycles. The Bertz CT molecular complexity index is 73.5. The van der Waals surface area contributed by atoms with Crippen LogP contribution >= 0.6 is 0 Å². The first-order valence-electron chi connectivity index (χ1n) is 3.69. The van der Waals surface area contributed by atoms with Gasteiger partial charge in [-0.1, -0.05) is 18.5 Å². The summed E-state index contributed by atoms with van der Waals surface area (Å²) in [6.07, 6.45) is 0. The number of rotatable bonds is 3. The van der Waals surface area contributed by atoms with Gasteiger partial charge in [0.15, 0.2) is 0 Å². The van der Waals surface area contributed by atoms with Crippen LogP contribution in [0.4, 0.5) is 0 Å². The number of hydrogen-bond donors (Lipinski definition) is 0. The van der Waals surface area contributed by atoms with Gasteiger partial charge in [-0.25, -0.2) is 0 Å². The maximum Gasteiger partial charge on any atom is 0.453 e. The molecule has 0 rings (SSSR count). The molecule has 9 heavy (non-hydrogen) atoms. The van der Waals surface area contributed by atoms with Gasteiger partial charge < -0.3 is 3.79 Å². The van der Waals surface area contributed by atoms with Crippen molar-refractivity contribution in [2.45, 2.75) is 35.0 Å². The van der Waals surface area contributed by atoms with E-state index in [2.05, 4.69) is 30.1 Å². The van der Waals surface area contributed by atoms with E-state index in [1.54, 1.807) is 0 Å². The fourth-order valence-corrected chi connectivity index (χ4v) is 3.64. The summed E-state index contributed by atoms with van der Waals surface area (Å²) in [7, 11) is 0. The summed E-state index contributed by atoms with van der Waals surface area (Å²) in [5.41, 5.74) is 0. The molecule has 3 heteroatoms. The smallest absolute Gasteiger partial charge is 0.453 e. The summed E-state index contributed by atoms with van der Waals surface area (Å²) < 4.78 is 5.71. The van der Waals surface area contributed by atoms with Gasteiger partial charge in [-0.2, -0.15) is 0 Å². The van der Waals surface area contributed by atoms with Crippen LogP contribution in [-0.2, 0) is 3.79 Å². The highest BCUT2D eigenvalue weighted by molar-refractivity contribution is 6.59. The normalized spacial score (nSPS) is 13.0. The van der Waals surface area contributed by atoms with Gasteiger partial charge in [-0.15, -0.1) is 11.6 Å². The lowest BCUT2D eigenvalue weighted by Gasteiger charge is -2.15. The maximum absolute atomic E-state index is 5.71. The van der Waals surface area contributed by atoms with Crippen molar-refractivity contribution in [2.24, 2.45) is 0 Å². The molecule has 0 aliphatic heterocycles. The van der Waals surface area contributed by atoms with Crippen molar-refractivity contribution in [1.29, 1.82) is 0 Å². The minimum Gasteiger partial charge on any atom is -0.510 e. The quantitative estimate of drug-likeness (QED) is 0.570. The van der Waals surface area contributed by atoms with E-state index in [1.807, 2.05) is 0 Å². The van der Waals surface area contributed by atoms with E-state index in [-0.39, 0.29) is 0 Å². The molecule has 0 aromatic heterocycles. The van der Waals surface area contributed by atoms with Crippen molar-refractivity contribution in [2.75, 3.05) is 0 Å². The van der Waals surface area contributed by atoms with E-state index in [0.717, 1.165) is 0 Å². The Morgan fingerprint density at radius 2 is 1.56 bits per heavy atom. The molecule has 52 valence electrons. The molecule has 0 saturated heterocycles. The van der Waals surface area contributed by atoms with Crippen molar-refractivity contribution in [3.63, 3.8) is 0 Å². The Morgan fingerprint density at radius 3 is 1.67 bits per heavy atom. The topological polar surface area (TPSA) is 9.23 Å². The molecular weight excluding hydrogens is 142 g/mol. The summed E-state index contributed by atoms with van der Waals surface area (Å²) >= 11 is -1.26. The molecule has 0 aromatic rings. The van der Waals surface area contributed by atoms with Crippen molar-refractivity contribution in [1.82, 2.24) is 0 Å². The van der Waals surface area contributed by atoms with E-state index in [9.17, 15) is 0 Å². The largest absolute Gasteiger partial charge is 0.510 e. The average Bonchev–Trinajstić information content (AvgIpc) is 1.63. The van der Waals surface area contributed by atoms with Crippen LogP contribution < -0.4 is 0 Å². The second kappa shape index (κ2) is 4.78. The molecule has 0 amide bonds. The molecule has 1 nitrogen and oxygen atoms in total. The molecule has 0 saturated carbocycles. The maximum atomic E-state index is 5.71. The van der Waals surface area contributed by atoms with Crippen molar-refractivity contribution >= 4 is 28.6 Å². The first-order chi connectivity index (χ1) is 4.04. The van der Waals surface area contributed by atoms with Gasteiger partial charge in [0.2, 0.25) is 0 Å². The molecule has 0 radical (unpaired) electrons. The first kappa shape index (κ1) is 10.0. The van der Waals surface area contributed by atoms with Gasteiger partial charge in [0.05, 0.1) is 0 Å². The average molecular weight is 158 g/mol. The highest BCUT2D eigenvalue weighted by Crippen LogP contribution is 1.98. The van der Waals surface area contributed by atoms with Gasteiger partial charge in [0.1, 0.15) is 0 Å². The third kappa shape index (κ3) is 5.47. The lowest BCUT2D eigenvalue weighted by molar-refractivity contribution is 0.301. The molecule has 1 atom stereocenters. The minimum atomic E-state index is -0.750. The predicted molar refractivity (Wildman–Crippen MR) is 45.5 cm³/mol. The van der Waals surface area contributed by atoms with Crippen LogP contribution in [0, 0.1) is 0 Å². The third-order valence-corrected chi connectivity index (χ3v) is 4.75. The van der Waals surface area contributed by atoms with Crippen molar-refractivity contribution in [3.05, 3.63) is 0 Å². The molecular formula is C6H16Al2O. The lowest BCUT2D eigenvalue weighted by Crippen LogP contribution is -2.28. The molecule has 0 N–H and O–H groups in total. The lowest BCUT2D eigenvalue weighted by atomic mass is 10.9. The molecule has 0 spiro atoms. The van der Waals surface area contributed by atoms with Gasteiger partial charge >= 0.3 is 14.5 Å². The van der Waals surface area contributed by atoms with E-state index in [1.165, 1.54) is 0 Å². The highest BCUT2D eigenvalue weighted by atomic mass is 27.2. The standard InChI is InChI=1S/C2H4O.4CH3.2Al/c1-2-3;;;;;;/h2H,1H3;4*1H3;;/q-1;;;;;;+1. The van der Waals surface area contributed by atoms with E-state index >= 15 is 0 Å². The van der Waals surface area contributed by atoms with Crippen LogP contribution in [0.5, 0.6) is 0 Å². The molecule has 0 fully saturated rings. The van der Waals surface area contributed by atoms with Crippen LogP contribution in [0.25, 0.3) is 0 Å². The zero-order valence-electron chi connectivity index (χ0n) is 7.14.